The van der Waals surface area contributed by atoms with E-state index in [1.807, 2.05) is 18.2 Å². The summed E-state index contributed by atoms with van der Waals surface area (Å²) in [7, 11) is 3.75. The van der Waals surface area contributed by atoms with Crippen LogP contribution >= 0.6 is 11.6 Å². The highest BCUT2D eigenvalue weighted by Crippen LogP contribution is 2.33. The second-order valence-electron chi connectivity index (χ2n) is 6.72. The number of pyridine rings is 1. The molecule has 1 aliphatic heterocycles. The Morgan fingerprint density at radius 1 is 1.21 bits per heavy atom. The molecule has 0 atom stereocenters. The van der Waals surface area contributed by atoms with Gasteiger partial charge in [0.25, 0.3) is 5.56 Å². The molecule has 8 nitrogen and oxygen atoms in total. The van der Waals surface area contributed by atoms with Crippen LogP contribution in [0.2, 0.25) is 5.15 Å². The molecule has 0 aliphatic carbocycles. The molecule has 1 saturated heterocycles. The number of fused-ring (bicyclic) bond motifs is 1. The number of likely N-dealkylation sites (N-methyl/N-ethyl adjacent to an activating group) is 1. The summed E-state index contributed by atoms with van der Waals surface area (Å²) in [6, 6.07) is 7.50. The van der Waals surface area contributed by atoms with Crippen LogP contribution in [0.3, 0.4) is 0 Å². The van der Waals surface area contributed by atoms with Crippen molar-refractivity contribution in [1.29, 1.82) is 0 Å². The van der Waals surface area contributed by atoms with Crippen LogP contribution in [0.15, 0.2) is 35.4 Å². The fourth-order valence-corrected chi connectivity index (χ4v) is 3.51. The maximum atomic E-state index is 12.3. The molecule has 28 heavy (non-hydrogen) atoms. The van der Waals surface area contributed by atoms with Gasteiger partial charge in [0.2, 0.25) is 0 Å². The highest BCUT2D eigenvalue weighted by Gasteiger charge is 2.17. The average molecular weight is 401 g/mol. The summed E-state index contributed by atoms with van der Waals surface area (Å²) in [5.41, 5.74) is 1.97. The summed E-state index contributed by atoms with van der Waals surface area (Å²) in [6.07, 6.45) is 1.34. The van der Waals surface area contributed by atoms with Gasteiger partial charge in [-0.1, -0.05) is 11.6 Å². The van der Waals surface area contributed by atoms with Gasteiger partial charge in [0.1, 0.15) is 22.1 Å². The lowest BCUT2D eigenvalue weighted by Crippen LogP contribution is -2.44. The van der Waals surface area contributed by atoms with Crippen molar-refractivity contribution in [2.45, 2.75) is 0 Å². The first-order chi connectivity index (χ1) is 13.5. The fourth-order valence-electron chi connectivity index (χ4n) is 3.32. The lowest BCUT2D eigenvalue weighted by Gasteiger charge is -2.34. The van der Waals surface area contributed by atoms with Crippen molar-refractivity contribution in [2.75, 3.05) is 50.6 Å². The zero-order valence-electron chi connectivity index (χ0n) is 15.7. The van der Waals surface area contributed by atoms with Crippen LogP contribution in [-0.4, -0.2) is 60.2 Å². The number of aromatic nitrogens is 3. The molecule has 9 heteroatoms. The SMILES string of the molecule is COc1cc(N2CCN(C)CC2)ccc1Nc1nc(Cl)cc2nc[nH]c(=O)c12. The lowest BCUT2D eigenvalue weighted by molar-refractivity contribution is 0.312. The first kappa shape index (κ1) is 18.5. The van der Waals surface area contributed by atoms with E-state index >= 15 is 0 Å². The summed E-state index contributed by atoms with van der Waals surface area (Å²) >= 11 is 6.11. The van der Waals surface area contributed by atoms with E-state index in [0.717, 1.165) is 31.9 Å². The van der Waals surface area contributed by atoms with Gasteiger partial charge in [-0.05, 0) is 19.2 Å². The Labute approximate surface area is 167 Å². The maximum absolute atomic E-state index is 12.3. The molecule has 3 heterocycles. The molecular formula is C19H21ClN6O2. The highest BCUT2D eigenvalue weighted by molar-refractivity contribution is 6.30. The number of methoxy groups -OCH3 is 1. The number of halogens is 1. The molecule has 1 aromatic carbocycles. The molecule has 0 saturated carbocycles. The van der Waals surface area contributed by atoms with Crippen molar-refractivity contribution in [1.82, 2.24) is 19.9 Å². The molecule has 0 spiro atoms. The van der Waals surface area contributed by atoms with E-state index < -0.39 is 0 Å². The van der Waals surface area contributed by atoms with Crippen molar-refractivity contribution < 1.29 is 4.74 Å². The van der Waals surface area contributed by atoms with Crippen LogP contribution in [-0.2, 0) is 0 Å². The third kappa shape index (κ3) is 3.61. The van der Waals surface area contributed by atoms with E-state index in [2.05, 4.69) is 37.1 Å². The van der Waals surface area contributed by atoms with Gasteiger partial charge in [0.05, 0.1) is 24.6 Å². The number of rotatable bonds is 4. The van der Waals surface area contributed by atoms with Crippen molar-refractivity contribution in [3.8, 4) is 5.75 Å². The number of hydrogen-bond donors (Lipinski definition) is 2. The van der Waals surface area contributed by atoms with E-state index in [1.165, 1.54) is 6.33 Å². The number of nitrogens with one attached hydrogen (secondary N) is 2. The molecule has 0 amide bonds. The Morgan fingerprint density at radius 3 is 2.75 bits per heavy atom. The van der Waals surface area contributed by atoms with Gasteiger partial charge in [-0.2, -0.15) is 0 Å². The summed E-state index contributed by atoms with van der Waals surface area (Å²) < 4.78 is 5.58. The molecule has 1 fully saturated rings. The Kier molecular flexibility index (Phi) is 5.06. The van der Waals surface area contributed by atoms with Gasteiger partial charge in [-0.15, -0.1) is 0 Å². The Balaban J connectivity index is 1.69. The summed E-state index contributed by atoms with van der Waals surface area (Å²) in [4.78, 5) is 27.9. The largest absolute Gasteiger partial charge is 0.494 e. The van der Waals surface area contributed by atoms with Crippen LogP contribution in [0.1, 0.15) is 0 Å². The molecule has 0 bridgehead atoms. The van der Waals surface area contributed by atoms with E-state index in [4.69, 9.17) is 16.3 Å². The number of benzene rings is 1. The highest BCUT2D eigenvalue weighted by atomic mass is 35.5. The number of ether oxygens (including phenoxy) is 1. The number of hydrogen-bond acceptors (Lipinski definition) is 7. The average Bonchev–Trinajstić information content (AvgIpc) is 2.68. The van der Waals surface area contributed by atoms with E-state index in [9.17, 15) is 4.79 Å². The number of anilines is 3. The number of aromatic amines is 1. The molecule has 3 aromatic rings. The Morgan fingerprint density at radius 2 is 2.00 bits per heavy atom. The normalized spacial score (nSPS) is 15.0. The van der Waals surface area contributed by atoms with E-state index in [0.29, 0.717) is 28.2 Å². The zero-order chi connectivity index (χ0) is 19.7. The molecule has 2 N–H and O–H groups in total. The van der Waals surface area contributed by atoms with Gasteiger partial charge in [-0.25, -0.2) is 9.97 Å². The Bertz CT molecular complexity index is 1060. The molecular weight excluding hydrogens is 380 g/mol. The molecule has 2 aromatic heterocycles. The van der Waals surface area contributed by atoms with Crippen LogP contribution < -0.4 is 20.5 Å². The smallest absolute Gasteiger partial charge is 0.262 e. The minimum Gasteiger partial charge on any atom is -0.494 e. The van der Waals surface area contributed by atoms with Gasteiger partial charge < -0.3 is 24.8 Å². The minimum absolute atomic E-state index is 0.251. The van der Waals surface area contributed by atoms with Crippen molar-refractivity contribution >= 4 is 39.7 Å². The van der Waals surface area contributed by atoms with Crippen molar-refractivity contribution in [2.24, 2.45) is 0 Å². The molecule has 0 unspecified atom stereocenters. The van der Waals surface area contributed by atoms with Gasteiger partial charge in [0.15, 0.2) is 0 Å². The third-order valence-electron chi connectivity index (χ3n) is 4.90. The molecule has 1 aliphatic rings. The van der Waals surface area contributed by atoms with Crippen molar-refractivity contribution in [3.63, 3.8) is 0 Å². The monoisotopic (exact) mass is 400 g/mol. The second-order valence-corrected chi connectivity index (χ2v) is 7.11. The van der Waals surface area contributed by atoms with E-state index in [-0.39, 0.29) is 10.7 Å². The Hall–Kier alpha value is -2.84. The minimum atomic E-state index is -0.287. The molecule has 4 rings (SSSR count). The predicted octanol–water partition coefficient (Wildman–Crippen LogP) is 2.48. The van der Waals surface area contributed by atoms with Gasteiger partial charge >= 0.3 is 0 Å². The van der Waals surface area contributed by atoms with Gasteiger partial charge in [-0.3, -0.25) is 4.79 Å². The van der Waals surface area contributed by atoms with E-state index in [1.54, 1.807) is 13.2 Å². The summed E-state index contributed by atoms with van der Waals surface area (Å²) in [5, 5.41) is 3.77. The fraction of sp³-hybridized carbons (Fsp3) is 0.316. The summed E-state index contributed by atoms with van der Waals surface area (Å²) in [5.74, 6) is 0.995. The second kappa shape index (κ2) is 7.65. The number of piperazine rings is 1. The lowest BCUT2D eigenvalue weighted by atomic mass is 10.2. The third-order valence-corrected chi connectivity index (χ3v) is 5.09. The molecule has 0 radical (unpaired) electrons. The van der Waals surface area contributed by atoms with Gasteiger partial charge in [0, 0.05) is 44.0 Å². The van der Waals surface area contributed by atoms with Crippen LogP contribution in [0.25, 0.3) is 10.9 Å². The van der Waals surface area contributed by atoms with Crippen molar-refractivity contribution in [3.05, 3.63) is 46.1 Å². The standard InChI is InChI=1S/C19H21ClN6O2/c1-25-5-7-26(8-6-25)12-3-4-13(15(9-12)28-2)23-18-17-14(10-16(20)24-18)21-11-22-19(17)27/h3-4,9-11H,5-8H2,1-2H3,(H,23,24)(H,21,22,27). The zero-order valence-corrected chi connectivity index (χ0v) is 16.5. The number of H-pyrrole nitrogens is 1. The quantitative estimate of drug-likeness (QED) is 0.650. The maximum Gasteiger partial charge on any atom is 0.262 e. The molecule has 146 valence electrons. The topological polar surface area (TPSA) is 86.4 Å². The number of nitrogens with zero attached hydrogens (tertiary/aromatic N) is 4. The van der Waals surface area contributed by atoms with Crippen LogP contribution in [0.5, 0.6) is 5.75 Å². The summed E-state index contributed by atoms with van der Waals surface area (Å²) in [6.45, 7) is 3.98. The van der Waals surface area contributed by atoms with Crippen LogP contribution in [0, 0.1) is 0 Å². The first-order valence-corrected chi connectivity index (χ1v) is 9.35. The predicted molar refractivity (Wildman–Crippen MR) is 111 cm³/mol. The first-order valence-electron chi connectivity index (χ1n) is 8.97. The van der Waals surface area contributed by atoms with Crippen LogP contribution in [0.4, 0.5) is 17.2 Å².